The highest BCUT2D eigenvalue weighted by atomic mass is 16.6. The number of aliphatic hydroxyl groups is 1. The fourth-order valence-corrected chi connectivity index (χ4v) is 1.79. The van der Waals surface area contributed by atoms with Crippen LogP contribution < -0.4 is 4.74 Å². The molecule has 0 radical (unpaired) electrons. The largest absolute Gasteiger partial charge is 0.489 e. The van der Waals surface area contributed by atoms with E-state index >= 15 is 0 Å². The fraction of sp³-hybridized carbons (Fsp3) is 0.200. The van der Waals surface area contributed by atoms with E-state index in [1.807, 2.05) is 31.2 Å². The zero-order chi connectivity index (χ0) is 14.5. The molecule has 0 atom stereocenters. The van der Waals surface area contributed by atoms with Crippen molar-refractivity contribution in [3.63, 3.8) is 0 Å². The van der Waals surface area contributed by atoms with Crippen LogP contribution in [-0.4, -0.2) is 10.0 Å². The van der Waals surface area contributed by atoms with Crippen LogP contribution in [0.2, 0.25) is 0 Å². The van der Waals surface area contributed by atoms with Gasteiger partial charge in [0.2, 0.25) is 0 Å². The second-order valence-electron chi connectivity index (χ2n) is 4.48. The van der Waals surface area contributed by atoms with Gasteiger partial charge in [-0.15, -0.1) is 0 Å². The SMILES string of the molecule is Cc1ccc(COc2ccc([N+](=O)[O-])cc2CO)cc1. The van der Waals surface area contributed by atoms with Gasteiger partial charge in [-0.05, 0) is 18.6 Å². The van der Waals surface area contributed by atoms with Gasteiger partial charge in [0.15, 0.2) is 0 Å². The molecule has 0 amide bonds. The van der Waals surface area contributed by atoms with Gasteiger partial charge in [-0.3, -0.25) is 10.1 Å². The molecule has 104 valence electrons. The first-order valence-electron chi connectivity index (χ1n) is 6.16. The summed E-state index contributed by atoms with van der Waals surface area (Å²) in [7, 11) is 0. The Morgan fingerprint density at radius 3 is 2.50 bits per heavy atom. The number of rotatable bonds is 5. The maximum Gasteiger partial charge on any atom is 0.270 e. The smallest absolute Gasteiger partial charge is 0.270 e. The molecule has 2 rings (SSSR count). The number of hydrogen-bond acceptors (Lipinski definition) is 4. The van der Waals surface area contributed by atoms with Gasteiger partial charge < -0.3 is 9.84 Å². The van der Waals surface area contributed by atoms with Gasteiger partial charge in [-0.25, -0.2) is 0 Å². The van der Waals surface area contributed by atoms with E-state index in [0.29, 0.717) is 17.9 Å². The maximum atomic E-state index is 10.7. The third kappa shape index (κ3) is 3.33. The molecule has 0 aliphatic carbocycles. The van der Waals surface area contributed by atoms with Crippen LogP contribution in [0.1, 0.15) is 16.7 Å². The first-order valence-corrected chi connectivity index (χ1v) is 6.16. The summed E-state index contributed by atoms with van der Waals surface area (Å²) in [6.07, 6.45) is 0. The van der Waals surface area contributed by atoms with Crippen molar-refractivity contribution >= 4 is 5.69 Å². The van der Waals surface area contributed by atoms with Gasteiger partial charge in [0.05, 0.1) is 11.5 Å². The number of non-ortho nitro benzene ring substituents is 1. The standard InChI is InChI=1S/C15H15NO4/c1-11-2-4-12(5-3-11)10-20-15-7-6-14(16(18)19)8-13(15)9-17/h2-8,17H,9-10H2,1H3. The third-order valence-corrected chi connectivity index (χ3v) is 2.94. The number of hydrogen-bond donors (Lipinski definition) is 1. The number of aliphatic hydroxyl groups excluding tert-OH is 1. The molecule has 2 aromatic carbocycles. The monoisotopic (exact) mass is 273 g/mol. The second kappa shape index (κ2) is 6.16. The third-order valence-electron chi connectivity index (χ3n) is 2.94. The summed E-state index contributed by atoms with van der Waals surface area (Å²) in [5.41, 5.74) is 2.51. The lowest BCUT2D eigenvalue weighted by Gasteiger charge is -2.10. The summed E-state index contributed by atoms with van der Waals surface area (Å²) in [5.74, 6) is 0.457. The number of aryl methyl sites for hydroxylation is 1. The van der Waals surface area contributed by atoms with Crippen LogP contribution in [0.5, 0.6) is 5.75 Å². The minimum atomic E-state index is -0.497. The molecule has 0 unspecified atom stereocenters. The van der Waals surface area contributed by atoms with Crippen molar-refractivity contribution < 1.29 is 14.8 Å². The molecule has 0 heterocycles. The molecule has 0 spiro atoms. The predicted octanol–water partition coefficient (Wildman–Crippen LogP) is 2.97. The van der Waals surface area contributed by atoms with Gasteiger partial charge >= 0.3 is 0 Å². The molecule has 0 saturated carbocycles. The molecule has 0 aromatic heterocycles. The molecule has 0 bridgehead atoms. The molecule has 2 aromatic rings. The van der Waals surface area contributed by atoms with E-state index in [4.69, 9.17) is 4.74 Å². The Balaban J connectivity index is 2.12. The molecular weight excluding hydrogens is 258 g/mol. The van der Waals surface area contributed by atoms with Crippen LogP contribution in [0.4, 0.5) is 5.69 Å². The Morgan fingerprint density at radius 2 is 1.90 bits per heavy atom. The van der Waals surface area contributed by atoms with Crippen LogP contribution in [0.25, 0.3) is 0 Å². The minimum absolute atomic E-state index is 0.0586. The molecule has 0 aliphatic rings. The van der Waals surface area contributed by atoms with Crippen LogP contribution in [0.3, 0.4) is 0 Å². The highest BCUT2D eigenvalue weighted by Gasteiger charge is 2.11. The lowest BCUT2D eigenvalue weighted by atomic mass is 10.1. The van der Waals surface area contributed by atoms with Gasteiger partial charge in [0.25, 0.3) is 5.69 Å². The van der Waals surface area contributed by atoms with Crippen molar-refractivity contribution in [3.8, 4) is 5.75 Å². The molecule has 0 fully saturated rings. The van der Waals surface area contributed by atoms with Gasteiger partial charge in [-0.1, -0.05) is 29.8 Å². The number of nitro benzene ring substituents is 1. The van der Waals surface area contributed by atoms with Gasteiger partial charge in [0.1, 0.15) is 12.4 Å². The Kier molecular flexibility index (Phi) is 4.32. The van der Waals surface area contributed by atoms with E-state index in [-0.39, 0.29) is 12.3 Å². The van der Waals surface area contributed by atoms with Gasteiger partial charge in [-0.2, -0.15) is 0 Å². The van der Waals surface area contributed by atoms with Crippen molar-refractivity contribution in [1.29, 1.82) is 0 Å². The predicted molar refractivity (Wildman–Crippen MR) is 74.5 cm³/mol. The topological polar surface area (TPSA) is 72.6 Å². The number of nitrogens with zero attached hydrogens (tertiary/aromatic N) is 1. The normalized spacial score (nSPS) is 10.3. The van der Waals surface area contributed by atoms with Gasteiger partial charge in [0, 0.05) is 17.7 Å². The van der Waals surface area contributed by atoms with Crippen LogP contribution in [-0.2, 0) is 13.2 Å². The van der Waals surface area contributed by atoms with E-state index in [2.05, 4.69) is 0 Å². The summed E-state index contributed by atoms with van der Waals surface area (Å²) in [5, 5.41) is 19.9. The second-order valence-corrected chi connectivity index (χ2v) is 4.48. The molecule has 5 nitrogen and oxygen atoms in total. The lowest BCUT2D eigenvalue weighted by molar-refractivity contribution is -0.385. The zero-order valence-electron chi connectivity index (χ0n) is 11.1. The van der Waals surface area contributed by atoms with Crippen molar-refractivity contribution in [2.45, 2.75) is 20.1 Å². The van der Waals surface area contributed by atoms with E-state index in [9.17, 15) is 15.2 Å². The summed E-state index contributed by atoms with van der Waals surface area (Å²) in [6.45, 7) is 2.06. The quantitative estimate of drug-likeness (QED) is 0.671. The number of ether oxygens (including phenoxy) is 1. The van der Waals surface area contributed by atoms with E-state index < -0.39 is 4.92 Å². The average molecular weight is 273 g/mol. The van der Waals surface area contributed by atoms with E-state index in [1.165, 1.54) is 23.8 Å². The van der Waals surface area contributed by atoms with Crippen LogP contribution >= 0.6 is 0 Å². The summed E-state index contributed by atoms with van der Waals surface area (Å²) in [6, 6.07) is 12.1. The Morgan fingerprint density at radius 1 is 1.20 bits per heavy atom. The van der Waals surface area contributed by atoms with Crippen LogP contribution in [0.15, 0.2) is 42.5 Å². The number of benzene rings is 2. The summed E-state index contributed by atoms with van der Waals surface area (Å²) < 4.78 is 5.61. The zero-order valence-corrected chi connectivity index (χ0v) is 11.1. The minimum Gasteiger partial charge on any atom is -0.489 e. The number of nitro groups is 1. The summed E-state index contributed by atoms with van der Waals surface area (Å²) >= 11 is 0. The van der Waals surface area contributed by atoms with Crippen molar-refractivity contribution in [3.05, 3.63) is 69.3 Å². The molecule has 0 saturated heterocycles. The Bertz CT molecular complexity index is 608. The van der Waals surface area contributed by atoms with Crippen molar-refractivity contribution in [2.24, 2.45) is 0 Å². The molecule has 20 heavy (non-hydrogen) atoms. The molecule has 1 N–H and O–H groups in total. The Labute approximate surface area is 116 Å². The van der Waals surface area contributed by atoms with Crippen LogP contribution in [0, 0.1) is 17.0 Å². The highest BCUT2D eigenvalue weighted by molar-refractivity contribution is 5.43. The van der Waals surface area contributed by atoms with E-state index in [0.717, 1.165) is 5.56 Å². The molecule has 5 heteroatoms. The lowest BCUT2D eigenvalue weighted by Crippen LogP contribution is -2.00. The van der Waals surface area contributed by atoms with Crippen molar-refractivity contribution in [2.75, 3.05) is 0 Å². The van der Waals surface area contributed by atoms with Crippen molar-refractivity contribution in [1.82, 2.24) is 0 Å². The first kappa shape index (κ1) is 14.0. The maximum absolute atomic E-state index is 10.7. The molecular formula is C15H15NO4. The fourth-order valence-electron chi connectivity index (χ4n) is 1.79. The summed E-state index contributed by atoms with van der Waals surface area (Å²) in [4.78, 5) is 10.2. The first-order chi connectivity index (χ1) is 9.60. The molecule has 0 aliphatic heterocycles. The Hall–Kier alpha value is -2.40. The highest BCUT2D eigenvalue weighted by Crippen LogP contribution is 2.25. The van der Waals surface area contributed by atoms with E-state index in [1.54, 1.807) is 0 Å². The average Bonchev–Trinajstić information content (AvgIpc) is 2.46.